The molecule has 0 amide bonds. The van der Waals surface area contributed by atoms with Gasteiger partial charge in [-0.15, -0.1) is 0 Å². The highest BCUT2D eigenvalue weighted by atomic mass is 19.1. The van der Waals surface area contributed by atoms with Crippen molar-refractivity contribution < 1.29 is 8.91 Å². The van der Waals surface area contributed by atoms with Gasteiger partial charge in [-0.1, -0.05) is 35.5 Å². The maximum Gasteiger partial charge on any atom is 0.170 e. The lowest BCUT2D eigenvalue weighted by Gasteiger charge is -2.15. The van der Waals surface area contributed by atoms with Crippen LogP contribution < -0.4 is 0 Å². The van der Waals surface area contributed by atoms with Crippen molar-refractivity contribution in [3.63, 3.8) is 0 Å². The van der Waals surface area contributed by atoms with Crippen LogP contribution in [0.25, 0.3) is 11.0 Å². The zero-order valence-corrected chi connectivity index (χ0v) is 12.9. The van der Waals surface area contributed by atoms with Crippen LogP contribution in [-0.4, -0.2) is 23.1 Å². The highest BCUT2D eigenvalue weighted by molar-refractivity contribution is 5.79. The first-order valence-corrected chi connectivity index (χ1v) is 8.08. The molecule has 2 aromatic carbocycles. The molecule has 0 spiro atoms. The number of fused-ring (bicyclic) bond motifs is 1. The second-order valence-corrected chi connectivity index (χ2v) is 6.35. The Labute approximate surface area is 134 Å². The normalized spacial score (nSPS) is 18.7. The molecule has 0 N–H and O–H groups in total. The van der Waals surface area contributed by atoms with Gasteiger partial charge in [0.15, 0.2) is 5.58 Å². The topological polar surface area (TPSA) is 29.3 Å². The maximum atomic E-state index is 13.2. The van der Waals surface area contributed by atoms with Gasteiger partial charge in [-0.05, 0) is 43.0 Å². The van der Waals surface area contributed by atoms with Crippen molar-refractivity contribution in [2.45, 2.75) is 19.4 Å². The third-order valence-corrected chi connectivity index (χ3v) is 4.61. The first kappa shape index (κ1) is 14.4. The van der Waals surface area contributed by atoms with E-state index < -0.39 is 0 Å². The maximum absolute atomic E-state index is 13.2. The molecular weight excluding hydrogens is 291 g/mol. The number of benzene rings is 2. The minimum Gasteiger partial charge on any atom is -0.356 e. The van der Waals surface area contributed by atoms with Gasteiger partial charge >= 0.3 is 0 Å². The molecule has 118 valence electrons. The molecule has 4 rings (SSSR count). The van der Waals surface area contributed by atoms with Crippen molar-refractivity contribution in [1.29, 1.82) is 0 Å². The summed E-state index contributed by atoms with van der Waals surface area (Å²) in [5.41, 5.74) is 2.85. The van der Waals surface area contributed by atoms with Crippen molar-refractivity contribution in [2.24, 2.45) is 5.92 Å². The van der Waals surface area contributed by atoms with Gasteiger partial charge in [-0.25, -0.2) is 4.39 Å². The van der Waals surface area contributed by atoms with E-state index >= 15 is 0 Å². The molecule has 1 fully saturated rings. The van der Waals surface area contributed by atoms with E-state index in [4.69, 9.17) is 4.52 Å². The molecule has 1 atom stereocenters. The van der Waals surface area contributed by atoms with Crippen molar-refractivity contribution in [1.82, 2.24) is 10.1 Å². The predicted octanol–water partition coefficient (Wildman–Crippen LogP) is 4.03. The van der Waals surface area contributed by atoms with Crippen LogP contribution in [0.4, 0.5) is 4.39 Å². The molecule has 1 aliphatic rings. The Hall–Kier alpha value is -2.20. The quantitative estimate of drug-likeness (QED) is 0.728. The first-order valence-electron chi connectivity index (χ1n) is 8.08. The van der Waals surface area contributed by atoms with Crippen LogP contribution in [0.3, 0.4) is 0 Å². The molecule has 0 bridgehead atoms. The van der Waals surface area contributed by atoms with E-state index in [1.807, 2.05) is 0 Å². The molecule has 1 unspecified atom stereocenters. The number of halogens is 1. The van der Waals surface area contributed by atoms with Crippen LogP contribution in [0.1, 0.15) is 17.7 Å². The van der Waals surface area contributed by atoms with Gasteiger partial charge in [0, 0.05) is 24.5 Å². The SMILES string of the molecule is Fc1ccc2c(CC3CCN(Cc4ccccc4)C3)noc2c1. The number of hydrogen-bond acceptors (Lipinski definition) is 3. The average Bonchev–Trinajstić information content (AvgIpc) is 3.16. The van der Waals surface area contributed by atoms with E-state index in [0.29, 0.717) is 11.5 Å². The fourth-order valence-electron chi connectivity index (χ4n) is 3.45. The highest BCUT2D eigenvalue weighted by Crippen LogP contribution is 2.26. The lowest BCUT2D eigenvalue weighted by molar-refractivity contribution is 0.315. The van der Waals surface area contributed by atoms with Crippen molar-refractivity contribution in [3.8, 4) is 0 Å². The molecule has 3 aromatic rings. The lowest BCUT2D eigenvalue weighted by atomic mass is 10.0. The molecule has 0 radical (unpaired) electrons. The smallest absolute Gasteiger partial charge is 0.170 e. The van der Waals surface area contributed by atoms with E-state index in [-0.39, 0.29) is 5.82 Å². The molecule has 2 heterocycles. The summed E-state index contributed by atoms with van der Waals surface area (Å²) in [7, 11) is 0. The second-order valence-electron chi connectivity index (χ2n) is 6.35. The van der Waals surface area contributed by atoms with Crippen molar-refractivity contribution in [3.05, 3.63) is 65.6 Å². The zero-order chi connectivity index (χ0) is 15.6. The minimum absolute atomic E-state index is 0.282. The van der Waals surface area contributed by atoms with Gasteiger partial charge in [0.25, 0.3) is 0 Å². The third-order valence-electron chi connectivity index (χ3n) is 4.61. The lowest BCUT2D eigenvalue weighted by Crippen LogP contribution is -2.20. The van der Waals surface area contributed by atoms with Gasteiger partial charge in [0.05, 0.1) is 5.69 Å². The molecule has 1 saturated heterocycles. The Morgan fingerprint density at radius 2 is 2.04 bits per heavy atom. The summed E-state index contributed by atoms with van der Waals surface area (Å²) in [4.78, 5) is 2.49. The largest absolute Gasteiger partial charge is 0.356 e. The molecule has 3 nitrogen and oxygen atoms in total. The fourth-order valence-corrected chi connectivity index (χ4v) is 3.45. The number of likely N-dealkylation sites (tertiary alicyclic amines) is 1. The van der Waals surface area contributed by atoms with Gasteiger partial charge in [-0.2, -0.15) is 0 Å². The van der Waals surface area contributed by atoms with E-state index in [1.54, 1.807) is 6.07 Å². The fraction of sp³-hybridized carbons (Fsp3) is 0.316. The Balaban J connectivity index is 1.42. The summed E-state index contributed by atoms with van der Waals surface area (Å²) in [5.74, 6) is 0.298. The number of hydrogen-bond donors (Lipinski definition) is 0. The Kier molecular flexibility index (Phi) is 3.83. The molecule has 1 aromatic heterocycles. The molecular formula is C19H19FN2O. The van der Waals surface area contributed by atoms with Crippen LogP contribution in [-0.2, 0) is 13.0 Å². The number of nitrogens with zero attached hydrogens (tertiary/aromatic N) is 2. The molecule has 0 saturated carbocycles. The van der Waals surface area contributed by atoms with Gasteiger partial charge in [-0.3, -0.25) is 4.90 Å². The second kappa shape index (κ2) is 6.13. The Morgan fingerprint density at radius 1 is 1.17 bits per heavy atom. The molecule has 4 heteroatoms. The molecule has 0 aliphatic carbocycles. The van der Waals surface area contributed by atoms with Gasteiger partial charge in [0.2, 0.25) is 0 Å². The summed E-state index contributed by atoms with van der Waals surface area (Å²) in [5, 5.41) is 5.09. The highest BCUT2D eigenvalue weighted by Gasteiger charge is 2.24. The summed E-state index contributed by atoms with van der Waals surface area (Å²) < 4.78 is 18.5. The van der Waals surface area contributed by atoms with E-state index in [9.17, 15) is 4.39 Å². The van der Waals surface area contributed by atoms with Crippen LogP contribution in [0.5, 0.6) is 0 Å². The standard InChI is InChI=1S/C19H19FN2O/c20-16-6-7-17-18(21-23-19(17)11-16)10-15-8-9-22(13-15)12-14-4-2-1-3-5-14/h1-7,11,15H,8-10,12-13H2. The van der Waals surface area contributed by atoms with Crippen LogP contribution in [0, 0.1) is 11.7 Å². The van der Waals surface area contributed by atoms with Crippen LogP contribution in [0.15, 0.2) is 53.1 Å². The summed E-state index contributed by atoms with van der Waals surface area (Å²) in [6.45, 7) is 3.19. The van der Waals surface area contributed by atoms with Crippen LogP contribution in [0.2, 0.25) is 0 Å². The van der Waals surface area contributed by atoms with E-state index in [1.165, 1.54) is 24.1 Å². The van der Waals surface area contributed by atoms with E-state index in [0.717, 1.165) is 37.1 Å². The predicted molar refractivity (Wildman–Crippen MR) is 87.5 cm³/mol. The summed E-state index contributed by atoms with van der Waals surface area (Å²) >= 11 is 0. The third kappa shape index (κ3) is 3.13. The molecule has 23 heavy (non-hydrogen) atoms. The van der Waals surface area contributed by atoms with E-state index in [2.05, 4.69) is 40.4 Å². The monoisotopic (exact) mass is 310 g/mol. The zero-order valence-electron chi connectivity index (χ0n) is 12.9. The van der Waals surface area contributed by atoms with Gasteiger partial charge < -0.3 is 4.52 Å². The van der Waals surface area contributed by atoms with Crippen molar-refractivity contribution >= 4 is 11.0 Å². The average molecular weight is 310 g/mol. The summed E-state index contributed by atoms with van der Waals surface area (Å²) in [6, 6.07) is 15.2. The number of aromatic nitrogens is 1. The first-order chi connectivity index (χ1) is 11.3. The number of rotatable bonds is 4. The molecule has 1 aliphatic heterocycles. The minimum atomic E-state index is -0.282. The Morgan fingerprint density at radius 3 is 2.91 bits per heavy atom. The van der Waals surface area contributed by atoms with Gasteiger partial charge in [0.1, 0.15) is 5.82 Å². The van der Waals surface area contributed by atoms with Crippen molar-refractivity contribution in [2.75, 3.05) is 13.1 Å². The Bertz CT molecular complexity index is 799. The van der Waals surface area contributed by atoms with Crippen LogP contribution >= 0.6 is 0 Å². The summed E-state index contributed by atoms with van der Waals surface area (Å²) in [6.07, 6.45) is 2.06.